The Balaban J connectivity index is 2.26. The second-order valence-corrected chi connectivity index (χ2v) is 4.62. The van der Waals surface area contributed by atoms with E-state index >= 15 is 0 Å². The largest absolute Gasteiger partial charge is 0.409 e. The van der Waals surface area contributed by atoms with Gasteiger partial charge in [0, 0.05) is 12.1 Å². The van der Waals surface area contributed by atoms with Gasteiger partial charge in [0.15, 0.2) is 17.5 Å². The maximum absolute atomic E-state index is 13.5. The van der Waals surface area contributed by atoms with E-state index in [2.05, 4.69) is 10.5 Å². The van der Waals surface area contributed by atoms with Gasteiger partial charge in [0.1, 0.15) is 11.2 Å². The zero-order valence-corrected chi connectivity index (χ0v) is 10.3. The molecule has 1 aromatic carbocycles. The van der Waals surface area contributed by atoms with E-state index in [9.17, 15) is 18.0 Å². The SMILES string of the molecule is N/C(=N/O)C1(C(=O)Nc2cc(F)c(F)cc2F)CCC1. The molecule has 1 saturated carbocycles. The van der Waals surface area contributed by atoms with E-state index in [-0.39, 0.29) is 5.84 Å². The van der Waals surface area contributed by atoms with Crippen molar-refractivity contribution in [2.45, 2.75) is 19.3 Å². The highest BCUT2D eigenvalue weighted by Crippen LogP contribution is 2.42. The monoisotopic (exact) mass is 287 g/mol. The van der Waals surface area contributed by atoms with Crippen LogP contribution in [0.15, 0.2) is 17.3 Å². The van der Waals surface area contributed by atoms with Crippen molar-refractivity contribution in [1.82, 2.24) is 0 Å². The maximum atomic E-state index is 13.5. The number of halogens is 3. The van der Waals surface area contributed by atoms with Crippen LogP contribution in [0, 0.1) is 22.9 Å². The quantitative estimate of drug-likeness (QED) is 0.261. The van der Waals surface area contributed by atoms with Crippen LogP contribution in [0.2, 0.25) is 0 Å². The van der Waals surface area contributed by atoms with Gasteiger partial charge in [-0.1, -0.05) is 11.6 Å². The molecule has 1 fully saturated rings. The molecule has 0 radical (unpaired) electrons. The number of hydrogen-bond donors (Lipinski definition) is 3. The van der Waals surface area contributed by atoms with E-state index in [1.165, 1.54) is 0 Å². The molecule has 0 heterocycles. The number of carbonyl (C=O) groups is 1. The molecular weight excluding hydrogens is 275 g/mol. The number of oxime groups is 1. The minimum Gasteiger partial charge on any atom is -0.409 e. The van der Waals surface area contributed by atoms with E-state index in [4.69, 9.17) is 10.9 Å². The summed E-state index contributed by atoms with van der Waals surface area (Å²) in [5.74, 6) is -4.75. The van der Waals surface area contributed by atoms with Gasteiger partial charge in [-0.2, -0.15) is 0 Å². The number of anilines is 1. The normalized spacial score (nSPS) is 17.4. The molecule has 8 heteroatoms. The van der Waals surface area contributed by atoms with Crippen LogP contribution < -0.4 is 11.1 Å². The molecule has 0 atom stereocenters. The fourth-order valence-electron chi connectivity index (χ4n) is 2.09. The van der Waals surface area contributed by atoms with Crippen molar-refractivity contribution < 1.29 is 23.2 Å². The molecule has 0 aliphatic heterocycles. The Labute approximate surface area is 112 Å². The van der Waals surface area contributed by atoms with Crippen LogP contribution in [-0.4, -0.2) is 17.0 Å². The Hall–Kier alpha value is -2.25. The minimum absolute atomic E-state index is 0.288. The van der Waals surface area contributed by atoms with Crippen LogP contribution in [-0.2, 0) is 4.79 Å². The topological polar surface area (TPSA) is 87.7 Å². The Morgan fingerprint density at radius 1 is 1.25 bits per heavy atom. The lowest BCUT2D eigenvalue weighted by Crippen LogP contribution is -2.51. The summed E-state index contributed by atoms with van der Waals surface area (Å²) >= 11 is 0. The summed E-state index contributed by atoms with van der Waals surface area (Å²) in [4.78, 5) is 12.1. The zero-order chi connectivity index (χ0) is 14.9. The van der Waals surface area contributed by atoms with Gasteiger partial charge in [0.25, 0.3) is 0 Å². The molecule has 0 bridgehead atoms. The van der Waals surface area contributed by atoms with Crippen molar-refractivity contribution in [2.24, 2.45) is 16.3 Å². The van der Waals surface area contributed by atoms with Crippen LogP contribution >= 0.6 is 0 Å². The summed E-state index contributed by atoms with van der Waals surface area (Å²) in [5.41, 5.74) is 3.75. The zero-order valence-electron chi connectivity index (χ0n) is 10.3. The third kappa shape index (κ3) is 2.17. The van der Waals surface area contributed by atoms with Gasteiger partial charge in [0.2, 0.25) is 5.91 Å². The number of carbonyl (C=O) groups excluding carboxylic acids is 1. The highest BCUT2D eigenvalue weighted by Gasteiger charge is 2.48. The predicted octanol–water partition coefficient (Wildman–Crippen LogP) is 1.96. The molecule has 108 valence electrons. The summed E-state index contributed by atoms with van der Waals surface area (Å²) < 4.78 is 39.3. The Bertz CT molecular complexity index is 586. The standard InChI is InChI=1S/C12H12F3N3O2/c13-6-4-8(15)9(5-7(6)14)17-11(19)12(2-1-3-12)10(16)18-20/h4-5,20H,1-3H2,(H2,16,18)(H,17,19). The van der Waals surface area contributed by atoms with Gasteiger partial charge in [-0.15, -0.1) is 0 Å². The molecule has 1 aliphatic rings. The first kappa shape index (κ1) is 14.2. The molecule has 2 rings (SSSR count). The van der Waals surface area contributed by atoms with Gasteiger partial charge in [0.05, 0.1) is 5.69 Å². The lowest BCUT2D eigenvalue weighted by molar-refractivity contribution is -0.125. The fraction of sp³-hybridized carbons (Fsp3) is 0.333. The van der Waals surface area contributed by atoms with Crippen molar-refractivity contribution in [1.29, 1.82) is 0 Å². The van der Waals surface area contributed by atoms with Gasteiger partial charge in [-0.3, -0.25) is 4.79 Å². The summed E-state index contributed by atoms with van der Waals surface area (Å²) in [6, 6.07) is 0.878. The van der Waals surface area contributed by atoms with Crippen molar-refractivity contribution in [2.75, 3.05) is 5.32 Å². The molecule has 4 N–H and O–H groups in total. The second-order valence-electron chi connectivity index (χ2n) is 4.62. The van der Waals surface area contributed by atoms with Gasteiger partial charge in [-0.05, 0) is 12.8 Å². The second kappa shape index (κ2) is 5.03. The lowest BCUT2D eigenvalue weighted by atomic mass is 9.67. The van der Waals surface area contributed by atoms with Crippen molar-refractivity contribution in [3.63, 3.8) is 0 Å². The third-order valence-corrected chi connectivity index (χ3v) is 3.50. The van der Waals surface area contributed by atoms with Crippen LogP contribution in [0.25, 0.3) is 0 Å². The Morgan fingerprint density at radius 2 is 1.85 bits per heavy atom. The molecular formula is C12H12F3N3O2. The summed E-state index contributed by atoms with van der Waals surface area (Å²) in [7, 11) is 0. The number of nitrogens with one attached hydrogen (secondary N) is 1. The number of rotatable bonds is 3. The third-order valence-electron chi connectivity index (χ3n) is 3.50. The van der Waals surface area contributed by atoms with Gasteiger partial charge < -0.3 is 16.3 Å². The molecule has 20 heavy (non-hydrogen) atoms. The van der Waals surface area contributed by atoms with E-state index < -0.39 is 34.5 Å². The highest BCUT2D eigenvalue weighted by atomic mass is 19.2. The van der Waals surface area contributed by atoms with Gasteiger partial charge >= 0.3 is 0 Å². The number of nitrogens with two attached hydrogens (primary N) is 1. The molecule has 1 aliphatic carbocycles. The molecule has 0 spiro atoms. The first-order valence-corrected chi connectivity index (χ1v) is 5.85. The van der Waals surface area contributed by atoms with E-state index in [1.54, 1.807) is 0 Å². The first-order chi connectivity index (χ1) is 9.40. The Kier molecular flexibility index (Phi) is 3.56. The first-order valence-electron chi connectivity index (χ1n) is 5.85. The van der Waals surface area contributed by atoms with Crippen LogP contribution in [0.3, 0.4) is 0 Å². The highest BCUT2D eigenvalue weighted by molar-refractivity contribution is 6.12. The van der Waals surface area contributed by atoms with Crippen LogP contribution in [0.4, 0.5) is 18.9 Å². The van der Waals surface area contributed by atoms with Crippen molar-refractivity contribution >= 4 is 17.4 Å². The lowest BCUT2D eigenvalue weighted by Gasteiger charge is -2.38. The number of amides is 1. The smallest absolute Gasteiger partial charge is 0.238 e. The number of nitrogens with zero attached hydrogens (tertiary/aromatic N) is 1. The van der Waals surface area contributed by atoms with Crippen LogP contribution in [0.5, 0.6) is 0 Å². The molecule has 0 saturated heterocycles. The predicted molar refractivity (Wildman–Crippen MR) is 64.6 cm³/mol. The van der Waals surface area contributed by atoms with Crippen molar-refractivity contribution in [3.05, 3.63) is 29.6 Å². The summed E-state index contributed by atoms with van der Waals surface area (Å²) in [6.07, 6.45) is 1.35. The maximum Gasteiger partial charge on any atom is 0.238 e. The molecule has 1 aromatic rings. The molecule has 1 amide bonds. The summed E-state index contributed by atoms with van der Waals surface area (Å²) in [6.45, 7) is 0. The van der Waals surface area contributed by atoms with E-state index in [1.807, 2.05) is 0 Å². The average Bonchev–Trinajstić information content (AvgIpc) is 2.34. The molecule has 5 nitrogen and oxygen atoms in total. The molecule has 0 unspecified atom stereocenters. The van der Waals surface area contributed by atoms with Crippen LogP contribution in [0.1, 0.15) is 19.3 Å². The number of amidine groups is 1. The minimum atomic E-state index is -1.35. The van der Waals surface area contributed by atoms with E-state index in [0.29, 0.717) is 31.4 Å². The van der Waals surface area contributed by atoms with Crippen molar-refractivity contribution in [3.8, 4) is 0 Å². The number of hydrogen-bond acceptors (Lipinski definition) is 3. The fourth-order valence-corrected chi connectivity index (χ4v) is 2.09. The van der Waals surface area contributed by atoms with Gasteiger partial charge in [-0.25, -0.2) is 13.2 Å². The molecule has 0 aromatic heterocycles. The van der Waals surface area contributed by atoms with E-state index in [0.717, 1.165) is 0 Å². The number of benzene rings is 1. The summed E-state index contributed by atoms with van der Waals surface area (Å²) in [5, 5.41) is 13.6. The average molecular weight is 287 g/mol. The Morgan fingerprint density at radius 3 is 2.35 bits per heavy atom.